The Bertz CT molecular complexity index is 233. The first-order valence-electron chi connectivity index (χ1n) is 4.22. The predicted molar refractivity (Wildman–Crippen MR) is 50.0 cm³/mol. The van der Waals surface area contributed by atoms with Gasteiger partial charge in [-0.2, -0.15) is 5.26 Å². The fourth-order valence-electron chi connectivity index (χ4n) is 0.706. The monoisotopic (exact) mass is 229 g/mol. The molecule has 0 aliphatic carbocycles. The Kier molecular flexibility index (Phi) is 19.0. The van der Waals surface area contributed by atoms with Gasteiger partial charge in [-0.25, -0.2) is 8.42 Å². The van der Waals surface area contributed by atoms with E-state index in [2.05, 4.69) is 0 Å². The third kappa shape index (κ3) is 29.4. The molecule has 0 aromatic heterocycles. The Labute approximate surface area is 109 Å². The number of nitrogens with zero attached hydrogens (tertiary/aromatic N) is 1. The van der Waals surface area contributed by atoms with Gasteiger partial charge < -0.3 is 4.55 Å². The molecule has 0 aliphatic rings. The smallest absolute Gasteiger partial charge is 0.748 e. The molecule has 0 atom stereocenters. The summed E-state index contributed by atoms with van der Waals surface area (Å²) in [6, 6.07) is 1.75. The summed E-state index contributed by atoms with van der Waals surface area (Å²) < 4.78 is 30.1. The second-order valence-corrected chi connectivity index (χ2v) is 4.07. The van der Waals surface area contributed by atoms with Crippen LogP contribution in [-0.2, 0) is 10.1 Å². The fourth-order valence-corrected chi connectivity index (χ4v) is 1.26. The second kappa shape index (κ2) is 13.4. The van der Waals surface area contributed by atoms with Crippen LogP contribution in [0.15, 0.2) is 0 Å². The van der Waals surface area contributed by atoms with Crippen LogP contribution >= 0.6 is 0 Å². The van der Waals surface area contributed by atoms with E-state index in [4.69, 9.17) is 5.26 Å². The molecule has 0 heterocycles. The maximum Gasteiger partial charge on any atom is 1.00 e. The van der Waals surface area contributed by atoms with Crippen LogP contribution in [0.25, 0.3) is 0 Å². The second-order valence-electron chi connectivity index (χ2n) is 2.55. The van der Waals surface area contributed by atoms with Gasteiger partial charge >= 0.3 is 29.6 Å². The average molecular weight is 229 g/mol. The molecule has 0 unspecified atom stereocenters. The van der Waals surface area contributed by atoms with E-state index in [1.54, 1.807) is 6.07 Å². The normalized spacial score (nSPS) is 9.00. The largest absolute Gasteiger partial charge is 1.00 e. The number of rotatable bonds is 5. The van der Waals surface area contributed by atoms with Crippen LogP contribution < -0.4 is 29.6 Å². The van der Waals surface area contributed by atoms with E-state index in [0.717, 1.165) is 19.3 Å². The Hall–Kier alpha value is 0.400. The van der Waals surface area contributed by atoms with Gasteiger partial charge in [0.2, 0.25) is 0 Å². The maximum absolute atomic E-state index is 10.0. The molecule has 0 aromatic rings. The quantitative estimate of drug-likeness (QED) is 0.331. The summed E-state index contributed by atoms with van der Waals surface area (Å²) in [5.74, 6) is -0.201. The molecule has 0 bridgehead atoms. The Morgan fingerprint density at radius 1 is 1.29 bits per heavy atom. The minimum absolute atomic E-state index is 0. The summed E-state index contributed by atoms with van der Waals surface area (Å²) in [6.07, 6.45) is 3.42. The third-order valence-corrected chi connectivity index (χ3v) is 2.04. The molecule has 0 radical (unpaired) electrons. The summed E-state index contributed by atoms with van der Waals surface area (Å²) in [5.41, 5.74) is 0. The molecule has 0 aliphatic heterocycles. The van der Waals surface area contributed by atoms with Gasteiger partial charge in [-0.3, -0.25) is 0 Å². The SMILES string of the molecule is CC#N.CCCCCCS(=O)(=O)[O-].[Na+]. The van der Waals surface area contributed by atoms with Gasteiger partial charge in [0.25, 0.3) is 0 Å². The van der Waals surface area contributed by atoms with Crippen molar-refractivity contribution in [1.82, 2.24) is 0 Å². The first-order chi connectivity index (χ1) is 5.97. The summed E-state index contributed by atoms with van der Waals surface area (Å²) in [6.45, 7) is 3.46. The maximum atomic E-state index is 10.0. The van der Waals surface area contributed by atoms with E-state index in [9.17, 15) is 13.0 Å². The molecule has 0 amide bonds. The van der Waals surface area contributed by atoms with Gasteiger partial charge in [-0.05, 0) is 6.42 Å². The van der Waals surface area contributed by atoms with Crippen molar-refractivity contribution in [2.45, 2.75) is 39.5 Å². The van der Waals surface area contributed by atoms with E-state index >= 15 is 0 Å². The van der Waals surface area contributed by atoms with E-state index < -0.39 is 10.1 Å². The third-order valence-electron chi connectivity index (χ3n) is 1.25. The van der Waals surface area contributed by atoms with Crippen molar-refractivity contribution in [2.75, 3.05) is 5.75 Å². The van der Waals surface area contributed by atoms with Crippen LogP contribution in [0, 0.1) is 11.3 Å². The summed E-state index contributed by atoms with van der Waals surface area (Å²) in [4.78, 5) is 0. The van der Waals surface area contributed by atoms with Crippen molar-refractivity contribution in [1.29, 1.82) is 5.26 Å². The van der Waals surface area contributed by atoms with Gasteiger partial charge in [-0.1, -0.05) is 26.2 Å². The van der Waals surface area contributed by atoms with Gasteiger partial charge in [0.1, 0.15) is 0 Å². The summed E-state index contributed by atoms with van der Waals surface area (Å²) >= 11 is 0. The topological polar surface area (TPSA) is 81.0 Å². The van der Waals surface area contributed by atoms with Crippen molar-refractivity contribution < 1.29 is 42.5 Å². The number of unbranched alkanes of at least 4 members (excludes halogenated alkanes) is 3. The fraction of sp³-hybridized carbons (Fsp3) is 0.875. The number of hydrogen-bond acceptors (Lipinski definition) is 4. The van der Waals surface area contributed by atoms with Crippen LogP contribution in [0.5, 0.6) is 0 Å². The minimum atomic E-state index is -3.95. The van der Waals surface area contributed by atoms with Crippen molar-refractivity contribution in [3.8, 4) is 6.07 Å². The van der Waals surface area contributed by atoms with Crippen molar-refractivity contribution in [3.05, 3.63) is 0 Å². The Morgan fingerprint density at radius 2 is 1.71 bits per heavy atom. The van der Waals surface area contributed by atoms with E-state index in [1.165, 1.54) is 6.92 Å². The first-order valence-corrected chi connectivity index (χ1v) is 5.80. The van der Waals surface area contributed by atoms with Crippen molar-refractivity contribution in [2.24, 2.45) is 0 Å². The minimum Gasteiger partial charge on any atom is -0.748 e. The van der Waals surface area contributed by atoms with Crippen LogP contribution in [0.3, 0.4) is 0 Å². The zero-order chi connectivity index (χ0) is 10.7. The van der Waals surface area contributed by atoms with Gasteiger partial charge in [0, 0.05) is 12.7 Å². The molecular formula is C8H16NNaO3S. The van der Waals surface area contributed by atoms with Gasteiger partial charge in [0.15, 0.2) is 0 Å². The molecule has 0 saturated carbocycles. The molecule has 14 heavy (non-hydrogen) atoms. The number of hydrogen-bond donors (Lipinski definition) is 0. The van der Waals surface area contributed by atoms with Crippen LogP contribution in [0.1, 0.15) is 39.5 Å². The Balaban J connectivity index is -0.000000267. The van der Waals surface area contributed by atoms with Gasteiger partial charge in [0.05, 0.1) is 16.2 Å². The predicted octanol–water partition coefficient (Wildman–Crippen LogP) is -1.35. The molecule has 0 saturated heterocycles. The van der Waals surface area contributed by atoms with Crippen LogP contribution in [-0.4, -0.2) is 18.7 Å². The van der Waals surface area contributed by atoms with Crippen molar-refractivity contribution in [3.63, 3.8) is 0 Å². The molecule has 0 rings (SSSR count). The standard InChI is InChI=1S/C6H14O3S.C2H3N.Na/c1-2-3-4-5-6-10(7,8)9;1-2-3;/h2-6H2,1H3,(H,7,8,9);1H3;/q;;+1/p-1. The first kappa shape index (κ1) is 19.9. The zero-order valence-electron chi connectivity index (χ0n) is 9.12. The average Bonchev–Trinajstić information content (AvgIpc) is 1.98. The molecular weight excluding hydrogens is 213 g/mol. The van der Waals surface area contributed by atoms with Crippen LogP contribution in [0.2, 0.25) is 0 Å². The molecule has 78 valence electrons. The summed E-state index contributed by atoms with van der Waals surface area (Å²) in [5, 5.41) is 7.32. The molecule has 0 spiro atoms. The van der Waals surface area contributed by atoms with Gasteiger partial charge in [-0.15, -0.1) is 0 Å². The van der Waals surface area contributed by atoms with E-state index in [1.807, 2.05) is 6.92 Å². The van der Waals surface area contributed by atoms with E-state index in [0.29, 0.717) is 6.42 Å². The Morgan fingerprint density at radius 3 is 2.00 bits per heavy atom. The molecule has 0 fully saturated rings. The molecule has 4 nitrogen and oxygen atoms in total. The number of nitriles is 1. The molecule has 0 N–H and O–H groups in total. The van der Waals surface area contributed by atoms with Crippen molar-refractivity contribution >= 4 is 10.1 Å². The van der Waals surface area contributed by atoms with E-state index in [-0.39, 0.29) is 35.3 Å². The molecule has 6 heteroatoms. The summed E-state index contributed by atoms with van der Waals surface area (Å²) in [7, 11) is -3.95. The molecule has 0 aromatic carbocycles. The zero-order valence-corrected chi connectivity index (χ0v) is 11.9. The van der Waals surface area contributed by atoms with Crippen LogP contribution in [0.4, 0.5) is 0 Å².